The topological polar surface area (TPSA) is 79.8 Å². The van der Waals surface area contributed by atoms with Crippen molar-refractivity contribution in [2.24, 2.45) is 0 Å². The normalized spacial score (nSPS) is 10.6. The largest absolute Gasteiger partial charge is 0.369 e. The van der Waals surface area contributed by atoms with Crippen molar-refractivity contribution in [1.29, 1.82) is 0 Å². The highest BCUT2D eigenvalue weighted by Crippen LogP contribution is 2.24. The lowest BCUT2D eigenvalue weighted by Gasteiger charge is -2.14. The van der Waals surface area contributed by atoms with Crippen molar-refractivity contribution >= 4 is 11.7 Å². The first-order valence-electron chi connectivity index (χ1n) is 11.0. The third kappa shape index (κ3) is 5.80. The van der Waals surface area contributed by atoms with Gasteiger partial charge in [-0.2, -0.15) is 0 Å². The lowest BCUT2D eigenvalue weighted by atomic mass is 10.0. The number of pyridine rings is 3. The summed E-state index contributed by atoms with van der Waals surface area (Å²) < 4.78 is 0. The fraction of sp³-hybridized carbons (Fsp3) is 0.185. The van der Waals surface area contributed by atoms with Crippen molar-refractivity contribution in [3.8, 4) is 11.3 Å². The van der Waals surface area contributed by atoms with Crippen LogP contribution in [0.4, 0.5) is 5.82 Å². The van der Waals surface area contributed by atoms with Gasteiger partial charge < -0.3 is 10.6 Å². The minimum atomic E-state index is -0.182. The number of carbonyl (C=O) groups excluding carboxylic acids is 1. The molecule has 166 valence electrons. The number of hydrogen-bond acceptors (Lipinski definition) is 5. The molecular formula is C27H27N5O. The van der Waals surface area contributed by atoms with Gasteiger partial charge in [-0.3, -0.25) is 14.8 Å². The second-order valence-corrected chi connectivity index (χ2v) is 7.93. The zero-order valence-corrected chi connectivity index (χ0v) is 18.9. The maximum atomic E-state index is 13.0. The molecule has 1 amide bonds. The van der Waals surface area contributed by atoms with Gasteiger partial charge in [0, 0.05) is 49.4 Å². The zero-order chi connectivity index (χ0) is 23.0. The fourth-order valence-corrected chi connectivity index (χ4v) is 3.47. The number of hydrogen-bond donors (Lipinski definition) is 2. The molecule has 0 atom stereocenters. The van der Waals surface area contributed by atoms with Gasteiger partial charge in [-0.15, -0.1) is 0 Å². The number of carbonyl (C=O) groups is 1. The van der Waals surface area contributed by atoms with Gasteiger partial charge in [0.15, 0.2) is 0 Å². The van der Waals surface area contributed by atoms with Crippen molar-refractivity contribution < 1.29 is 4.79 Å². The summed E-state index contributed by atoms with van der Waals surface area (Å²) in [5, 5.41) is 6.32. The Morgan fingerprint density at radius 1 is 0.939 bits per heavy atom. The lowest BCUT2D eigenvalue weighted by Crippen LogP contribution is -2.25. The van der Waals surface area contributed by atoms with E-state index in [1.807, 2.05) is 42.5 Å². The average Bonchev–Trinajstić information content (AvgIpc) is 2.85. The molecule has 6 heteroatoms. The van der Waals surface area contributed by atoms with Crippen LogP contribution in [0, 0.1) is 13.8 Å². The molecule has 33 heavy (non-hydrogen) atoms. The van der Waals surface area contributed by atoms with E-state index in [1.54, 1.807) is 18.6 Å². The predicted molar refractivity (Wildman–Crippen MR) is 131 cm³/mol. The number of nitrogens with one attached hydrogen (secondary N) is 2. The number of nitrogens with zero attached hydrogens (tertiary/aromatic N) is 3. The zero-order valence-electron chi connectivity index (χ0n) is 18.9. The van der Waals surface area contributed by atoms with Crippen molar-refractivity contribution in [3.63, 3.8) is 0 Å². The van der Waals surface area contributed by atoms with Gasteiger partial charge in [-0.05, 0) is 66.9 Å². The Bertz CT molecular complexity index is 1230. The van der Waals surface area contributed by atoms with E-state index in [1.165, 1.54) is 11.1 Å². The number of aryl methyl sites for hydroxylation is 2. The van der Waals surface area contributed by atoms with Crippen LogP contribution in [-0.2, 0) is 13.0 Å². The van der Waals surface area contributed by atoms with Crippen molar-refractivity contribution in [1.82, 2.24) is 20.3 Å². The Balaban J connectivity index is 1.56. The Labute approximate surface area is 194 Å². The highest BCUT2D eigenvalue weighted by molar-refractivity contribution is 5.99. The molecule has 0 saturated heterocycles. The Morgan fingerprint density at radius 2 is 1.85 bits per heavy atom. The van der Waals surface area contributed by atoms with Crippen molar-refractivity contribution in [3.05, 3.63) is 107 Å². The highest BCUT2D eigenvalue weighted by atomic mass is 16.1. The molecule has 1 aromatic carbocycles. The molecule has 4 aromatic rings. The summed E-state index contributed by atoms with van der Waals surface area (Å²) in [6.07, 6.45) is 5.97. The summed E-state index contributed by atoms with van der Waals surface area (Å²) in [6, 6.07) is 19.6. The molecular weight excluding hydrogens is 410 g/mol. The van der Waals surface area contributed by atoms with Crippen LogP contribution >= 0.6 is 0 Å². The van der Waals surface area contributed by atoms with Crippen LogP contribution in [0.3, 0.4) is 0 Å². The molecule has 0 radical (unpaired) electrons. The van der Waals surface area contributed by atoms with Crippen LogP contribution < -0.4 is 10.6 Å². The molecule has 0 aliphatic heterocycles. The van der Waals surface area contributed by atoms with E-state index < -0.39 is 0 Å². The van der Waals surface area contributed by atoms with Crippen LogP contribution in [-0.4, -0.2) is 27.4 Å². The van der Waals surface area contributed by atoms with Gasteiger partial charge in [0.2, 0.25) is 0 Å². The smallest absolute Gasteiger partial charge is 0.255 e. The van der Waals surface area contributed by atoms with E-state index in [9.17, 15) is 4.79 Å². The first-order valence-corrected chi connectivity index (χ1v) is 11.0. The molecule has 0 spiro atoms. The molecule has 6 nitrogen and oxygen atoms in total. The summed E-state index contributed by atoms with van der Waals surface area (Å²) in [5.74, 6) is 0.378. The number of benzene rings is 1. The SMILES string of the molecule is Cc1ccc(-c2ccc(C(=O)NCc3cccnc3)c(NCCc3ccccn3)n2)cc1C. The minimum Gasteiger partial charge on any atom is -0.369 e. The first kappa shape index (κ1) is 22.1. The van der Waals surface area contributed by atoms with Crippen LogP contribution in [0.1, 0.15) is 32.7 Å². The molecule has 4 rings (SSSR count). The second kappa shape index (κ2) is 10.5. The van der Waals surface area contributed by atoms with Crippen LogP contribution in [0.15, 0.2) is 79.3 Å². The van der Waals surface area contributed by atoms with Gasteiger partial charge in [0.25, 0.3) is 5.91 Å². The van der Waals surface area contributed by atoms with Crippen LogP contribution in [0.25, 0.3) is 11.3 Å². The Kier molecular flexibility index (Phi) is 7.05. The number of amides is 1. The highest BCUT2D eigenvalue weighted by Gasteiger charge is 2.15. The van der Waals surface area contributed by atoms with E-state index in [0.29, 0.717) is 24.5 Å². The third-order valence-corrected chi connectivity index (χ3v) is 5.52. The fourth-order valence-electron chi connectivity index (χ4n) is 3.47. The van der Waals surface area contributed by atoms with Gasteiger partial charge in [0.1, 0.15) is 5.82 Å². The van der Waals surface area contributed by atoms with Crippen LogP contribution in [0.2, 0.25) is 0 Å². The molecule has 0 fully saturated rings. The van der Waals surface area contributed by atoms with E-state index in [0.717, 1.165) is 28.9 Å². The molecule has 3 heterocycles. The summed E-state index contributed by atoms with van der Waals surface area (Å²) >= 11 is 0. The molecule has 0 unspecified atom stereocenters. The molecule has 3 aromatic heterocycles. The minimum absolute atomic E-state index is 0.182. The molecule has 2 N–H and O–H groups in total. The maximum Gasteiger partial charge on any atom is 0.255 e. The summed E-state index contributed by atoms with van der Waals surface area (Å²) in [7, 11) is 0. The third-order valence-electron chi connectivity index (χ3n) is 5.52. The maximum absolute atomic E-state index is 13.0. The molecule has 0 aliphatic carbocycles. The standard InChI is InChI=1S/C27H27N5O/c1-19-8-9-22(16-20(19)2)25-11-10-24(27(33)31-18-21-6-5-13-28-17-21)26(32-25)30-15-12-23-7-3-4-14-29-23/h3-11,13-14,16-17H,12,15,18H2,1-2H3,(H,30,32)(H,31,33). The average molecular weight is 438 g/mol. The quantitative estimate of drug-likeness (QED) is 0.416. The monoisotopic (exact) mass is 437 g/mol. The number of aromatic nitrogens is 3. The van der Waals surface area contributed by atoms with Crippen LogP contribution in [0.5, 0.6) is 0 Å². The summed E-state index contributed by atoms with van der Waals surface area (Å²) in [6.45, 7) is 5.19. The first-order chi connectivity index (χ1) is 16.1. The number of rotatable bonds is 8. The van der Waals surface area contributed by atoms with Crippen molar-refractivity contribution in [2.75, 3.05) is 11.9 Å². The second-order valence-electron chi connectivity index (χ2n) is 7.93. The summed E-state index contributed by atoms with van der Waals surface area (Å²) in [4.78, 5) is 26.3. The Morgan fingerprint density at radius 3 is 2.61 bits per heavy atom. The van der Waals surface area contributed by atoms with E-state index in [2.05, 4.69) is 52.6 Å². The Hall–Kier alpha value is -4.06. The van der Waals surface area contributed by atoms with E-state index >= 15 is 0 Å². The molecule has 0 bridgehead atoms. The van der Waals surface area contributed by atoms with Gasteiger partial charge >= 0.3 is 0 Å². The van der Waals surface area contributed by atoms with E-state index in [-0.39, 0.29) is 5.91 Å². The van der Waals surface area contributed by atoms with Gasteiger partial charge in [-0.25, -0.2) is 4.98 Å². The summed E-state index contributed by atoms with van der Waals surface area (Å²) in [5.41, 5.74) is 6.71. The lowest BCUT2D eigenvalue weighted by molar-refractivity contribution is 0.0951. The molecule has 0 saturated carbocycles. The molecule has 0 aliphatic rings. The number of anilines is 1. The van der Waals surface area contributed by atoms with Gasteiger partial charge in [0.05, 0.1) is 11.3 Å². The predicted octanol–water partition coefficient (Wildman–Crippen LogP) is 4.74. The van der Waals surface area contributed by atoms with E-state index in [4.69, 9.17) is 4.98 Å². The van der Waals surface area contributed by atoms with Crippen molar-refractivity contribution in [2.45, 2.75) is 26.8 Å². The van der Waals surface area contributed by atoms with Gasteiger partial charge in [-0.1, -0.05) is 24.3 Å².